The molecule has 2 aromatic rings. The van der Waals surface area contributed by atoms with E-state index in [9.17, 15) is 24.3 Å². The Labute approximate surface area is 230 Å². The Morgan fingerprint density at radius 3 is 2.50 bits per heavy atom. The van der Waals surface area contributed by atoms with Crippen LogP contribution in [0.15, 0.2) is 47.8 Å². The minimum atomic E-state index is -1.10. The number of carboxylic acids is 1. The number of aliphatic carboxylic acids is 1. The van der Waals surface area contributed by atoms with Crippen molar-refractivity contribution in [1.29, 1.82) is 0 Å². The van der Waals surface area contributed by atoms with Gasteiger partial charge in [0.15, 0.2) is 0 Å². The molecule has 0 saturated carbocycles. The van der Waals surface area contributed by atoms with E-state index < -0.39 is 48.7 Å². The second-order valence-corrected chi connectivity index (χ2v) is 12.2. The Balaban J connectivity index is 1.74. The van der Waals surface area contributed by atoms with Crippen LogP contribution in [0.1, 0.15) is 42.9 Å². The second kappa shape index (κ2) is 13.8. The molecule has 3 atom stereocenters. The van der Waals surface area contributed by atoms with Gasteiger partial charge in [0, 0.05) is 17.2 Å². The average Bonchev–Trinajstić information content (AvgIpc) is 3.36. The molecular formula is C27H34N2O7S2. The van der Waals surface area contributed by atoms with Crippen LogP contribution in [0.25, 0.3) is 0 Å². The third-order valence-corrected chi connectivity index (χ3v) is 8.37. The van der Waals surface area contributed by atoms with Gasteiger partial charge in [-0.3, -0.25) is 24.5 Å². The first-order valence-corrected chi connectivity index (χ1v) is 14.3. The normalized spacial score (nSPS) is 18.9. The first kappa shape index (κ1) is 29.7. The summed E-state index contributed by atoms with van der Waals surface area (Å²) in [5.41, 5.74) is 0.270. The highest BCUT2D eigenvalue weighted by Crippen LogP contribution is 2.35. The Morgan fingerprint density at radius 2 is 1.87 bits per heavy atom. The summed E-state index contributed by atoms with van der Waals surface area (Å²) in [7, 11) is 0. The lowest BCUT2D eigenvalue weighted by molar-refractivity contribution is -0.174. The van der Waals surface area contributed by atoms with E-state index in [4.69, 9.17) is 9.47 Å². The van der Waals surface area contributed by atoms with Crippen molar-refractivity contribution in [1.82, 2.24) is 10.2 Å². The van der Waals surface area contributed by atoms with Crippen LogP contribution < -0.4 is 5.32 Å². The summed E-state index contributed by atoms with van der Waals surface area (Å²) in [5, 5.41) is 14.4. The summed E-state index contributed by atoms with van der Waals surface area (Å²) >= 11 is 3.11. The maximum atomic E-state index is 13.4. The number of amides is 1. The van der Waals surface area contributed by atoms with E-state index in [0.717, 1.165) is 10.4 Å². The molecule has 1 amide bonds. The van der Waals surface area contributed by atoms with E-state index >= 15 is 0 Å². The lowest BCUT2D eigenvalue weighted by Crippen LogP contribution is -2.53. The van der Waals surface area contributed by atoms with Crippen LogP contribution in [0.4, 0.5) is 0 Å². The molecular weight excluding hydrogens is 528 g/mol. The van der Waals surface area contributed by atoms with Crippen molar-refractivity contribution in [2.75, 3.05) is 25.6 Å². The van der Waals surface area contributed by atoms with Crippen LogP contribution in [0.5, 0.6) is 0 Å². The number of benzene rings is 1. The lowest BCUT2D eigenvalue weighted by Gasteiger charge is -2.27. The number of thioether (sulfide) groups is 1. The van der Waals surface area contributed by atoms with E-state index in [1.54, 1.807) is 43.9 Å². The van der Waals surface area contributed by atoms with Gasteiger partial charge >= 0.3 is 17.9 Å². The number of hydrogen-bond acceptors (Lipinski definition) is 9. The monoisotopic (exact) mass is 562 g/mol. The molecule has 3 unspecified atom stereocenters. The fourth-order valence-corrected chi connectivity index (χ4v) is 6.10. The molecule has 1 saturated heterocycles. The fraction of sp³-hybridized carbons (Fsp3) is 0.481. The van der Waals surface area contributed by atoms with Crippen molar-refractivity contribution < 1.29 is 33.8 Å². The minimum absolute atomic E-state index is 0.0726. The maximum absolute atomic E-state index is 13.4. The summed E-state index contributed by atoms with van der Waals surface area (Å²) in [5.74, 6) is -2.28. The molecule has 1 aromatic carbocycles. The molecule has 9 nitrogen and oxygen atoms in total. The van der Waals surface area contributed by atoms with Gasteiger partial charge in [0.2, 0.25) is 12.7 Å². The molecule has 11 heteroatoms. The molecule has 2 heterocycles. The first-order chi connectivity index (χ1) is 18.0. The van der Waals surface area contributed by atoms with Crippen LogP contribution >= 0.6 is 23.1 Å². The Kier molecular flexibility index (Phi) is 10.7. The van der Waals surface area contributed by atoms with Crippen LogP contribution in [-0.4, -0.2) is 71.5 Å². The summed E-state index contributed by atoms with van der Waals surface area (Å²) in [6, 6.07) is 11.8. The predicted octanol–water partition coefficient (Wildman–Crippen LogP) is 3.50. The van der Waals surface area contributed by atoms with Crippen molar-refractivity contribution in [3.05, 3.63) is 58.3 Å². The quantitative estimate of drug-likeness (QED) is 0.313. The van der Waals surface area contributed by atoms with Crippen LogP contribution in [-0.2, 0) is 35.1 Å². The number of hydrogen-bond donors (Lipinski definition) is 2. The highest BCUT2D eigenvalue weighted by molar-refractivity contribution is 7.99. The number of esters is 2. The third kappa shape index (κ3) is 8.85. The maximum Gasteiger partial charge on any atom is 0.326 e. The second-order valence-electron chi connectivity index (χ2n) is 10.0. The number of carbonyl (C=O) groups excluding carboxylic acids is 3. The van der Waals surface area contributed by atoms with E-state index in [0.29, 0.717) is 18.6 Å². The zero-order chi connectivity index (χ0) is 27.7. The van der Waals surface area contributed by atoms with Crippen molar-refractivity contribution in [2.24, 2.45) is 5.41 Å². The molecule has 38 heavy (non-hydrogen) atoms. The van der Waals surface area contributed by atoms with Gasteiger partial charge in [0.05, 0.1) is 16.7 Å². The summed E-state index contributed by atoms with van der Waals surface area (Å²) in [6.45, 7) is 4.39. The van der Waals surface area contributed by atoms with Gasteiger partial charge in [-0.2, -0.15) is 0 Å². The lowest BCUT2D eigenvalue weighted by atomic mass is 9.98. The Bertz CT molecular complexity index is 1090. The van der Waals surface area contributed by atoms with Crippen LogP contribution in [0, 0.1) is 5.41 Å². The standard InChI is InChI=1S/C27H34N2O7S2/c1-27(2,3)26(34)36-17-35-25(33)19(12-11-18-8-5-4-6-9-18)28-20-16-38-22(21-10-7-13-37-21)14-29(24(20)32)15-23(30)31/h4-10,13,19-20,22,28H,11-12,14-17H2,1-3H3,(H,30,31). The number of rotatable bonds is 11. The van der Waals surface area contributed by atoms with Gasteiger partial charge in [-0.05, 0) is 50.6 Å². The van der Waals surface area contributed by atoms with Gasteiger partial charge in [-0.25, -0.2) is 0 Å². The summed E-state index contributed by atoms with van der Waals surface area (Å²) in [6.07, 6.45) is 0.873. The number of nitrogens with one attached hydrogen (secondary N) is 1. The van der Waals surface area contributed by atoms with E-state index in [1.807, 2.05) is 47.8 Å². The van der Waals surface area contributed by atoms with Gasteiger partial charge in [0.25, 0.3) is 0 Å². The van der Waals surface area contributed by atoms with Crippen molar-refractivity contribution in [3.8, 4) is 0 Å². The highest BCUT2D eigenvalue weighted by atomic mass is 32.2. The molecule has 3 rings (SSSR count). The predicted molar refractivity (Wildman–Crippen MR) is 146 cm³/mol. The zero-order valence-corrected chi connectivity index (χ0v) is 23.4. The molecule has 1 aliphatic rings. The van der Waals surface area contributed by atoms with E-state index in [1.165, 1.54) is 4.90 Å². The van der Waals surface area contributed by atoms with E-state index in [-0.39, 0.29) is 17.7 Å². The topological polar surface area (TPSA) is 122 Å². The molecule has 0 radical (unpaired) electrons. The number of carboxylic acid groups (broad SMARTS) is 1. The van der Waals surface area contributed by atoms with Crippen LogP contribution in [0.2, 0.25) is 0 Å². The molecule has 2 N–H and O–H groups in total. The van der Waals surface area contributed by atoms with Gasteiger partial charge in [0.1, 0.15) is 12.6 Å². The van der Waals surface area contributed by atoms with Gasteiger partial charge in [-0.1, -0.05) is 36.4 Å². The van der Waals surface area contributed by atoms with Gasteiger partial charge < -0.3 is 19.5 Å². The first-order valence-electron chi connectivity index (χ1n) is 12.3. The summed E-state index contributed by atoms with van der Waals surface area (Å²) < 4.78 is 10.4. The molecule has 0 bridgehead atoms. The highest BCUT2D eigenvalue weighted by Gasteiger charge is 2.36. The largest absolute Gasteiger partial charge is 0.480 e. The zero-order valence-electron chi connectivity index (χ0n) is 21.8. The molecule has 1 fully saturated rings. The van der Waals surface area contributed by atoms with Crippen molar-refractivity contribution in [3.63, 3.8) is 0 Å². The summed E-state index contributed by atoms with van der Waals surface area (Å²) in [4.78, 5) is 52.4. The molecule has 1 aromatic heterocycles. The third-order valence-electron chi connectivity index (χ3n) is 5.90. The van der Waals surface area contributed by atoms with Crippen LogP contribution in [0.3, 0.4) is 0 Å². The molecule has 206 valence electrons. The fourth-order valence-electron chi connectivity index (χ4n) is 3.84. The SMILES string of the molecule is CC(C)(C)C(=O)OCOC(=O)C(CCc1ccccc1)NC1CSC(c2cccs2)CN(CC(=O)O)C1=O. The smallest absolute Gasteiger partial charge is 0.326 e. The molecule has 0 spiro atoms. The molecule has 0 aliphatic carbocycles. The van der Waals surface area contributed by atoms with E-state index in [2.05, 4.69) is 5.32 Å². The number of nitrogens with zero attached hydrogens (tertiary/aromatic N) is 1. The van der Waals surface area contributed by atoms with Crippen molar-refractivity contribution >= 4 is 46.9 Å². The number of thiophene rings is 1. The number of carbonyl (C=O) groups is 4. The minimum Gasteiger partial charge on any atom is -0.480 e. The average molecular weight is 563 g/mol. The number of ether oxygens (including phenoxy) is 2. The van der Waals surface area contributed by atoms with Gasteiger partial charge in [-0.15, -0.1) is 23.1 Å². The number of aryl methyl sites for hydroxylation is 1. The Morgan fingerprint density at radius 1 is 1.13 bits per heavy atom. The molecule has 1 aliphatic heterocycles. The van der Waals surface area contributed by atoms with Crippen molar-refractivity contribution in [2.45, 2.75) is 50.9 Å². The Hall–Kier alpha value is -2.89.